The lowest BCUT2D eigenvalue weighted by molar-refractivity contribution is -0.139. The number of thiophene rings is 1. The van der Waals surface area contributed by atoms with Crippen molar-refractivity contribution < 1.29 is 14.7 Å². The number of carboxylic acid groups (broad SMARTS) is 1. The van der Waals surface area contributed by atoms with E-state index in [0.717, 1.165) is 12.8 Å². The van der Waals surface area contributed by atoms with Crippen LogP contribution in [-0.2, 0) is 10.2 Å². The number of carboxylic acids is 1. The number of hydrogen-bond donors (Lipinski definition) is 3. The third-order valence-corrected chi connectivity index (χ3v) is 4.56. The number of carbonyl (C=O) groups excluding carboxylic acids is 1. The molecule has 0 saturated heterocycles. The predicted octanol–water partition coefficient (Wildman–Crippen LogP) is 2.97. The van der Waals surface area contributed by atoms with Gasteiger partial charge in [0.2, 0.25) is 0 Å². The fraction of sp³-hybridized carbons (Fsp3) is 0.600. The summed E-state index contributed by atoms with van der Waals surface area (Å²) in [6.45, 7) is 6.54. The molecule has 0 aliphatic carbocycles. The van der Waals surface area contributed by atoms with E-state index in [9.17, 15) is 9.59 Å². The maximum absolute atomic E-state index is 11.9. The first-order valence-corrected chi connectivity index (χ1v) is 8.06. The lowest BCUT2D eigenvalue weighted by Crippen LogP contribution is -2.48. The van der Waals surface area contributed by atoms with Gasteiger partial charge < -0.3 is 15.7 Å². The summed E-state index contributed by atoms with van der Waals surface area (Å²) < 4.78 is 0. The van der Waals surface area contributed by atoms with E-state index in [-0.39, 0.29) is 5.41 Å². The molecule has 2 amide bonds. The fourth-order valence-electron chi connectivity index (χ4n) is 1.93. The van der Waals surface area contributed by atoms with Gasteiger partial charge in [0.15, 0.2) is 0 Å². The molecule has 0 fully saturated rings. The number of nitrogens with one attached hydrogen (secondary N) is 2. The van der Waals surface area contributed by atoms with E-state index in [1.807, 2.05) is 38.3 Å². The minimum Gasteiger partial charge on any atom is -0.480 e. The predicted molar refractivity (Wildman–Crippen MR) is 84.8 cm³/mol. The van der Waals surface area contributed by atoms with E-state index in [4.69, 9.17) is 5.11 Å². The Hall–Kier alpha value is -1.56. The SMILES string of the molecule is CCCC[C@H](NC(=O)NCC(C)(C)c1cccs1)C(=O)O. The van der Waals surface area contributed by atoms with E-state index in [2.05, 4.69) is 10.6 Å². The molecule has 0 saturated carbocycles. The summed E-state index contributed by atoms with van der Waals surface area (Å²) in [5, 5.41) is 16.4. The molecule has 0 unspecified atom stereocenters. The number of unbranched alkanes of at least 4 members (excludes halogenated alkanes) is 1. The number of amides is 2. The van der Waals surface area contributed by atoms with Gasteiger partial charge in [0.25, 0.3) is 0 Å². The van der Waals surface area contributed by atoms with E-state index in [1.54, 1.807) is 11.3 Å². The van der Waals surface area contributed by atoms with Gasteiger partial charge in [-0.3, -0.25) is 0 Å². The van der Waals surface area contributed by atoms with Gasteiger partial charge in [-0.2, -0.15) is 0 Å². The quantitative estimate of drug-likeness (QED) is 0.690. The van der Waals surface area contributed by atoms with Crippen LogP contribution in [0.15, 0.2) is 17.5 Å². The van der Waals surface area contributed by atoms with Crippen molar-refractivity contribution in [1.29, 1.82) is 0 Å². The number of hydrogen-bond acceptors (Lipinski definition) is 3. The summed E-state index contributed by atoms with van der Waals surface area (Å²) in [4.78, 5) is 24.1. The van der Waals surface area contributed by atoms with Crippen LogP contribution in [0.1, 0.15) is 44.9 Å². The molecule has 21 heavy (non-hydrogen) atoms. The van der Waals surface area contributed by atoms with Gasteiger partial charge in [0.05, 0.1) is 0 Å². The van der Waals surface area contributed by atoms with Crippen molar-refractivity contribution in [3.8, 4) is 0 Å². The number of urea groups is 1. The summed E-state index contributed by atoms with van der Waals surface area (Å²) in [6, 6.07) is 2.76. The van der Waals surface area contributed by atoms with Crippen molar-refractivity contribution in [3.05, 3.63) is 22.4 Å². The van der Waals surface area contributed by atoms with Crippen LogP contribution in [0.25, 0.3) is 0 Å². The first-order chi connectivity index (χ1) is 9.86. The van der Waals surface area contributed by atoms with E-state index < -0.39 is 18.0 Å². The van der Waals surface area contributed by atoms with Gasteiger partial charge in [0.1, 0.15) is 6.04 Å². The fourth-order valence-corrected chi connectivity index (χ4v) is 2.78. The molecule has 1 aromatic rings. The zero-order valence-electron chi connectivity index (χ0n) is 12.8. The van der Waals surface area contributed by atoms with Crippen molar-refractivity contribution in [1.82, 2.24) is 10.6 Å². The largest absolute Gasteiger partial charge is 0.480 e. The van der Waals surface area contributed by atoms with Crippen LogP contribution in [0.5, 0.6) is 0 Å². The second kappa shape index (κ2) is 8.02. The van der Waals surface area contributed by atoms with Crippen molar-refractivity contribution in [2.24, 2.45) is 0 Å². The number of rotatable bonds is 8. The molecule has 0 aliphatic heterocycles. The molecule has 3 N–H and O–H groups in total. The Morgan fingerprint density at radius 3 is 2.67 bits per heavy atom. The van der Waals surface area contributed by atoms with Gasteiger partial charge in [-0.15, -0.1) is 11.3 Å². The minimum atomic E-state index is -0.990. The molecule has 0 bridgehead atoms. The van der Waals surface area contributed by atoms with Crippen LogP contribution in [0.4, 0.5) is 4.79 Å². The molecule has 1 heterocycles. The smallest absolute Gasteiger partial charge is 0.326 e. The summed E-state index contributed by atoms with van der Waals surface area (Å²) in [5.41, 5.74) is -0.173. The molecular weight excluding hydrogens is 288 g/mol. The third-order valence-electron chi connectivity index (χ3n) is 3.33. The summed E-state index contributed by atoms with van der Waals surface area (Å²) in [5.74, 6) is -0.990. The molecule has 6 heteroatoms. The van der Waals surface area contributed by atoms with Gasteiger partial charge in [-0.05, 0) is 17.9 Å². The van der Waals surface area contributed by atoms with Crippen molar-refractivity contribution in [2.75, 3.05) is 6.54 Å². The van der Waals surface area contributed by atoms with Gasteiger partial charge in [-0.1, -0.05) is 39.7 Å². The van der Waals surface area contributed by atoms with Crippen LogP contribution in [0.2, 0.25) is 0 Å². The molecule has 118 valence electrons. The van der Waals surface area contributed by atoms with E-state index >= 15 is 0 Å². The molecule has 0 radical (unpaired) electrons. The normalized spacial score (nSPS) is 12.7. The second-order valence-corrected chi connectivity index (χ2v) is 6.67. The molecule has 1 rings (SSSR count). The maximum atomic E-state index is 11.9. The van der Waals surface area contributed by atoms with E-state index in [1.165, 1.54) is 4.88 Å². The lowest BCUT2D eigenvalue weighted by Gasteiger charge is -2.24. The highest BCUT2D eigenvalue weighted by Gasteiger charge is 2.24. The lowest BCUT2D eigenvalue weighted by atomic mass is 9.91. The highest BCUT2D eigenvalue weighted by molar-refractivity contribution is 7.10. The van der Waals surface area contributed by atoms with Crippen LogP contribution in [0.3, 0.4) is 0 Å². The maximum Gasteiger partial charge on any atom is 0.326 e. The Balaban J connectivity index is 2.47. The standard InChI is InChI=1S/C15H24N2O3S/c1-4-5-7-11(13(18)19)17-14(20)16-10-15(2,3)12-8-6-9-21-12/h6,8-9,11H,4-5,7,10H2,1-3H3,(H,18,19)(H2,16,17,20)/t11-/m0/s1. The molecule has 1 atom stereocenters. The number of aliphatic carboxylic acids is 1. The Labute approximate surface area is 129 Å². The topological polar surface area (TPSA) is 78.4 Å². The van der Waals surface area contributed by atoms with Crippen LogP contribution in [-0.4, -0.2) is 29.7 Å². The summed E-state index contributed by atoms with van der Waals surface area (Å²) >= 11 is 1.65. The zero-order valence-corrected chi connectivity index (χ0v) is 13.6. The molecule has 0 aromatic carbocycles. The third kappa shape index (κ3) is 5.75. The van der Waals surface area contributed by atoms with Gasteiger partial charge in [-0.25, -0.2) is 9.59 Å². The molecular formula is C15H24N2O3S. The monoisotopic (exact) mass is 312 g/mol. The first-order valence-electron chi connectivity index (χ1n) is 7.18. The Morgan fingerprint density at radius 1 is 1.43 bits per heavy atom. The van der Waals surface area contributed by atoms with E-state index in [0.29, 0.717) is 13.0 Å². The first kappa shape index (κ1) is 17.5. The van der Waals surface area contributed by atoms with Crippen LogP contribution < -0.4 is 10.6 Å². The van der Waals surface area contributed by atoms with Crippen LogP contribution >= 0.6 is 11.3 Å². The van der Waals surface area contributed by atoms with Crippen molar-refractivity contribution in [2.45, 2.75) is 51.5 Å². The Bertz CT molecular complexity index is 457. The van der Waals surface area contributed by atoms with Gasteiger partial charge in [0, 0.05) is 16.8 Å². The summed E-state index contributed by atoms with van der Waals surface area (Å²) in [6.07, 6.45) is 2.13. The van der Waals surface area contributed by atoms with Crippen molar-refractivity contribution in [3.63, 3.8) is 0 Å². The highest BCUT2D eigenvalue weighted by atomic mass is 32.1. The van der Waals surface area contributed by atoms with Crippen LogP contribution in [0, 0.1) is 0 Å². The molecule has 0 aliphatic rings. The Kier molecular flexibility index (Phi) is 6.68. The average Bonchev–Trinajstić information content (AvgIpc) is 2.96. The number of carbonyl (C=O) groups is 2. The average molecular weight is 312 g/mol. The summed E-state index contributed by atoms with van der Waals surface area (Å²) in [7, 11) is 0. The Morgan fingerprint density at radius 2 is 2.14 bits per heavy atom. The molecule has 5 nitrogen and oxygen atoms in total. The minimum absolute atomic E-state index is 0.173. The van der Waals surface area contributed by atoms with Gasteiger partial charge >= 0.3 is 12.0 Å². The molecule has 0 spiro atoms. The highest BCUT2D eigenvalue weighted by Crippen LogP contribution is 2.26. The second-order valence-electron chi connectivity index (χ2n) is 5.72. The van der Waals surface area contributed by atoms with Crippen molar-refractivity contribution >= 4 is 23.3 Å². The molecule has 1 aromatic heterocycles. The zero-order chi connectivity index (χ0) is 15.9.